The molecule has 0 radical (unpaired) electrons. The molecule has 0 unspecified atom stereocenters. The number of phenolic OH excluding ortho intramolecular Hbond substituents is 1. The molecule has 0 saturated carbocycles. The van der Waals surface area contributed by atoms with Crippen molar-refractivity contribution in [3.63, 3.8) is 0 Å². The van der Waals surface area contributed by atoms with Gasteiger partial charge >= 0.3 is 0 Å². The fraction of sp³-hybridized carbons (Fsp3) is 0.333. The van der Waals surface area contributed by atoms with Crippen LogP contribution >= 0.6 is 0 Å². The summed E-state index contributed by atoms with van der Waals surface area (Å²) < 4.78 is 12.8. The van der Waals surface area contributed by atoms with Crippen LogP contribution in [0.4, 0.5) is 4.39 Å². The Hall–Kier alpha value is -2.11. The molecule has 2 rings (SSSR count). The van der Waals surface area contributed by atoms with Crippen LogP contribution in [0.25, 0.3) is 0 Å². The standard InChI is InChI=1S/C12H13FN2O3/c13-8-2-3-9(10(16)6-8)12(18)15-5-1-4-14-11(17)7-15/h2-3,6,16H,1,4-5,7H2,(H,14,17). The second-order valence-corrected chi connectivity index (χ2v) is 4.09. The maximum Gasteiger partial charge on any atom is 0.258 e. The summed E-state index contributed by atoms with van der Waals surface area (Å²) in [7, 11) is 0. The Morgan fingerprint density at radius 1 is 1.44 bits per heavy atom. The maximum atomic E-state index is 12.8. The number of hydrogen-bond donors (Lipinski definition) is 2. The Morgan fingerprint density at radius 2 is 2.22 bits per heavy atom. The van der Waals surface area contributed by atoms with E-state index >= 15 is 0 Å². The summed E-state index contributed by atoms with van der Waals surface area (Å²) in [5.41, 5.74) is 0.00565. The molecule has 1 aliphatic rings. The number of amides is 2. The van der Waals surface area contributed by atoms with Crippen molar-refractivity contribution >= 4 is 11.8 Å². The summed E-state index contributed by atoms with van der Waals surface area (Å²) in [6, 6.07) is 3.20. The molecule has 1 saturated heterocycles. The Balaban J connectivity index is 2.21. The van der Waals surface area contributed by atoms with Gasteiger partial charge in [-0.05, 0) is 18.6 Å². The first-order valence-corrected chi connectivity index (χ1v) is 5.62. The van der Waals surface area contributed by atoms with Gasteiger partial charge in [-0.3, -0.25) is 9.59 Å². The lowest BCUT2D eigenvalue weighted by molar-refractivity contribution is -0.121. The molecule has 2 amide bonds. The Kier molecular flexibility index (Phi) is 3.45. The zero-order chi connectivity index (χ0) is 13.1. The van der Waals surface area contributed by atoms with Crippen molar-refractivity contribution in [2.45, 2.75) is 6.42 Å². The zero-order valence-electron chi connectivity index (χ0n) is 9.65. The third kappa shape index (κ3) is 2.58. The molecular weight excluding hydrogens is 239 g/mol. The molecule has 6 heteroatoms. The predicted octanol–water partition coefficient (Wildman–Crippen LogP) is 0.493. The third-order valence-electron chi connectivity index (χ3n) is 2.74. The number of carbonyl (C=O) groups excluding carboxylic acids is 2. The Labute approximate surface area is 103 Å². The highest BCUT2D eigenvalue weighted by molar-refractivity contribution is 5.98. The van der Waals surface area contributed by atoms with Crippen molar-refractivity contribution in [3.05, 3.63) is 29.6 Å². The van der Waals surface area contributed by atoms with E-state index in [0.29, 0.717) is 19.5 Å². The lowest BCUT2D eigenvalue weighted by Gasteiger charge is -2.19. The van der Waals surface area contributed by atoms with Crippen LogP contribution in [-0.4, -0.2) is 41.5 Å². The van der Waals surface area contributed by atoms with Crippen LogP contribution in [-0.2, 0) is 4.79 Å². The summed E-state index contributed by atoms with van der Waals surface area (Å²) in [5, 5.41) is 12.2. The molecular formula is C12H13FN2O3. The molecule has 0 spiro atoms. The lowest BCUT2D eigenvalue weighted by Crippen LogP contribution is -2.37. The van der Waals surface area contributed by atoms with Crippen LogP contribution in [0.5, 0.6) is 5.75 Å². The van der Waals surface area contributed by atoms with Gasteiger partial charge in [-0.1, -0.05) is 0 Å². The van der Waals surface area contributed by atoms with Gasteiger partial charge in [0.25, 0.3) is 5.91 Å². The molecule has 5 nitrogen and oxygen atoms in total. The fourth-order valence-corrected chi connectivity index (χ4v) is 1.84. The minimum Gasteiger partial charge on any atom is -0.507 e. The van der Waals surface area contributed by atoms with E-state index < -0.39 is 17.5 Å². The van der Waals surface area contributed by atoms with Gasteiger partial charge in [-0.2, -0.15) is 0 Å². The molecule has 96 valence electrons. The van der Waals surface area contributed by atoms with Crippen LogP contribution in [0.3, 0.4) is 0 Å². The van der Waals surface area contributed by atoms with E-state index in [-0.39, 0.29) is 18.0 Å². The average molecular weight is 252 g/mol. The van der Waals surface area contributed by atoms with Gasteiger partial charge in [0, 0.05) is 19.2 Å². The fourth-order valence-electron chi connectivity index (χ4n) is 1.84. The average Bonchev–Trinajstić information content (AvgIpc) is 2.53. The second kappa shape index (κ2) is 5.03. The number of nitrogens with zero attached hydrogens (tertiary/aromatic N) is 1. The van der Waals surface area contributed by atoms with E-state index in [4.69, 9.17) is 0 Å². The van der Waals surface area contributed by atoms with Crippen molar-refractivity contribution in [1.29, 1.82) is 0 Å². The van der Waals surface area contributed by atoms with Gasteiger partial charge in [-0.25, -0.2) is 4.39 Å². The largest absolute Gasteiger partial charge is 0.507 e. The second-order valence-electron chi connectivity index (χ2n) is 4.09. The number of benzene rings is 1. The summed E-state index contributed by atoms with van der Waals surface area (Å²) in [4.78, 5) is 24.8. The minimum absolute atomic E-state index is 0.00565. The van der Waals surface area contributed by atoms with Crippen molar-refractivity contribution in [3.8, 4) is 5.75 Å². The quantitative estimate of drug-likeness (QED) is 0.764. The molecule has 0 aliphatic carbocycles. The van der Waals surface area contributed by atoms with Gasteiger partial charge in [-0.15, -0.1) is 0 Å². The smallest absolute Gasteiger partial charge is 0.258 e. The number of aromatic hydroxyl groups is 1. The van der Waals surface area contributed by atoms with Crippen LogP contribution in [0, 0.1) is 5.82 Å². The van der Waals surface area contributed by atoms with E-state index in [1.54, 1.807) is 0 Å². The number of hydrogen-bond acceptors (Lipinski definition) is 3. The molecule has 18 heavy (non-hydrogen) atoms. The zero-order valence-corrected chi connectivity index (χ0v) is 9.65. The van der Waals surface area contributed by atoms with Crippen molar-refractivity contribution < 1.29 is 19.1 Å². The highest BCUT2D eigenvalue weighted by Crippen LogP contribution is 2.20. The van der Waals surface area contributed by atoms with E-state index in [9.17, 15) is 19.1 Å². The van der Waals surface area contributed by atoms with Gasteiger partial charge in [0.15, 0.2) is 0 Å². The Bertz CT molecular complexity index is 490. The molecule has 2 N–H and O–H groups in total. The molecule has 0 bridgehead atoms. The van der Waals surface area contributed by atoms with Crippen LogP contribution in [0.1, 0.15) is 16.8 Å². The van der Waals surface area contributed by atoms with Crippen molar-refractivity contribution in [2.75, 3.05) is 19.6 Å². The highest BCUT2D eigenvalue weighted by atomic mass is 19.1. The molecule has 0 aromatic heterocycles. The summed E-state index contributed by atoms with van der Waals surface area (Å²) in [6.07, 6.45) is 0.652. The Morgan fingerprint density at radius 3 is 2.94 bits per heavy atom. The van der Waals surface area contributed by atoms with E-state index in [1.807, 2.05) is 0 Å². The normalized spacial score (nSPS) is 16.1. The van der Waals surface area contributed by atoms with Crippen LogP contribution < -0.4 is 5.32 Å². The molecule has 1 aromatic rings. The topological polar surface area (TPSA) is 69.6 Å². The minimum atomic E-state index is -0.613. The van der Waals surface area contributed by atoms with E-state index in [2.05, 4.69) is 5.32 Å². The lowest BCUT2D eigenvalue weighted by atomic mass is 10.1. The van der Waals surface area contributed by atoms with Gasteiger partial charge < -0.3 is 15.3 Å². The monoisotopic (exact) mass is 252 g/mol. The summed E-state index contributed by atoms with van der Waals surface area (Å²) in [6.45, 7) is 0.905. The number of halogens is 1. The number of nitrogens with one attached hydrogen (secondary N) is 1. The molecule has 1 fully saturated rings. The SMILES string of the molecule is O=C1CN(C(=O)c2ccc(F)cc2O)CCCN1. The van der Waals surface area contributed by atoms with Gasteiger partial charge in [0.05, 0.1) is 12.1 Å². The predicted molar refractivity (Wildman–Crippen MR) is 61.6 cm³/mol. The third-order valence-corrected chi connectivity index (χ3v) is 2.74. The van der Waals surface area contributed by atoms with E-state index in [0.717, 1.165) is 12.1 Å². The number of phenols is 1. The highest BCUT2D eigenvalue weighted by Gasteiger charge is 2.23. The van der Waals surface area contributed by atoms with Crippen molar-refractivity contribution in [2.24, 2.45) is 0 Å². The van der Waals surface area contributed by atoms with Crippen molar-refractivity contribution in [1.82, 2.24) is 10.2 Å². The number of carbonyl (C=O) groups is 2. The summed E-state index contributed by atoms with van der Waals surface area (Å²) >= 11 is 0. The van der Waals surface area contributed by atoms with E-state index in [1.165, 1.54) is 11.0 Å². The first-order chi connectivity index (χ1) is 8.58. The van der Waals surface area contributed by atoms with Crippen LogP contribution in [0.2, 0.25) is 0 Å². The molecule has 1 heterocycles. The number of rotatable bonds is 1. The molecule has 1 aromatic carbocycles. The molecule has 0 atom stereocenters. The summed E-state index contributed by atoms with van der Waals surface area (Å²) in [5.74, 6) is -1.73. The first kappa shape index (κ1) is 12.3. The van der Waals surface area contributed by atoms with Gasteiger partial charge in [0.1, 0.15) is 11.6 Å². The van der Waals surface area contributed by atoms with Crippen LogP contribution in [0.15, 0.2) is 18.2 Å². The maximum absolute atomic E-state index is 12.8. The van der Waals surface area contributed by atoms with Gasteiger partial charge in [0.2, 0.25) is 5.91 Å². The first-order valence-electron chi connectivity index (χ1n) is 5.62. The molecule has 1 aliphatic heterocycles.